The number of carbonyl (C=O) groups is 1. The normalized spacial score (nSPS) is 31.1. The molecule has 0 N–H and O–H groups in total. The first kappa shape index (κ1) is 11.3. The quantitative estimate of drug-likeness (QED) is 0.719. The molecular weight excluding hydrogens is 206 g/mol. The smallest absolute Gasteiger partial charge is 0.223 e. The first-order chi connectivity index (χ1) is 7.33. The summed E-state index contributed by atoms with van der Waals surface area (Å²) in [7, 11) is 0. The van der Waals surface area contributed by atoms with E-state index in [4.69, 9.17) is 0 Å². The number of fused-ring (bicyclic) bond motifs is 1. The lowest BCUT2D eigenvalue weighted by Crippen LogP contribution is -2.49. The second-order valence-electron chi connectivity index (χ2n) is 4.81. The third-order valence-electron chi connectivity index (χ3n) is 3.89. The highest BCUT2D eigenvalue weighted by molar-refractivity contribution is 7.80. The molecule has 0 unspecified atom stereocenters. The van der Waals surface area contributed by atoms with Crippen LogP contribution in [0, 0.1) is 5.92 Å². The Balaban J connectivity index is 2.00. The molecule has 15 heavy (non-hydrogen) atoms. The lowest BCUT2D eigenvalue weighted by atomic mass is 9.78. The van der Waals surface area contributed by atoms with E-state index < -0.39 is 0 Å². The van der Waals surface area contributed by atoms with Crippen LogP contribution in [0.4, 0.5) is 0 Å². The molecule has 3 heteroatoms. The van der Waals surface area contributed by atoms with E-state index in [1.54, 1.807) is 0 Å². The number of rotatable bonds is 2. The van der Waals surface area contributed by atoms with Gasteiger partial charge in [-0.1, -0.05) is 12.8 Å². The Bertz CT molecular complexity index is 230. The molecule has 0 radical (unpaired) electrons. The average molecular weight is 227 g/mol. The Morgan fingerprint density at radius 3 is 2.73 bits per heavy atom. The Labute approximate surface area is 97.8 Å². The molecule has 1 amide bonds. The molecular formula is C12H21NOS. The van der Waals surface area contributed by atoms with Crippen LogP contribution in [0.1, 0.15) is 44.9 Å². The molecule has 0 aromatic heterocycles. The molecule has 0 aromatic rings. The van der Waals surface area contributed by atoms with Crippen LogP contribution >= 0.6 is 12.6 Å². The van der Waals surface area contributed by atoms with E-state index in [0.29, 0.717) is 24.1 Å². The fraction of sp³-hybridized carbons (Fsp3) is 0.917. The van der Waals surface area contributed by atoms with Gasteiger partial charge in [0, 0.05) is 19.0 Å². The summed E-state index contributed by atoms with van der Waals surface area (Å²) >= 11 is 4.15. The predicted molar refractivity (Wildman–Crippen MR) is 65.2 cm³/mol. The lowest BCUT2D eigenvalue weighted by Gasteiger charge is -2.44. The van der Waals surface area contributed by atoms with Gasteiger partial charge in [-0.15, -0.1) is 0 Å². The molecule has 1 saturated carbocycles. The molecule has 0 bridgehead atoms. The number of thiol groups is 1. The number of piperidine rings is 1. The third-order valence-corrected chi connectivity index (χ3v) is 4.11. The lowest BCUT2D eigenvalue weighted by molar-refractivity contribution is -0.137. The highest BCUT2D eigenvalue weighted by Gasteiger charge is 2.34. The van der Waals surface area contributed by atoms with E-state index in [1.165, 1.54) is 38.5 Å². The molecule has 2 rings (SSSR count). The molecule has 1 aliphatic heterocycles. The van der Waals surface area contributed by atoms with Gasteiger partial charge in [-0.3, -0.25) is 4.79 Å². The van der Waals surface area contributed by atoms with Crippen molar-refractivity contribution in [1.29, 1.82) is 0 Å². The molecule has 1 heterocycles. The fourth-order valence-electron chi connectivity index (χ4n) is 3.17. The van der Waals surface area contributed by atoms with Gasteiger partial charge < -0.3 is 4.90 Å². The van der Waals surface area contributed by atoms with Gasteiger partial charge in [-0.05, 0) is 37.4 Å². The molecule has 0 aromatic carbocycles. The molecule has 1 aliphatic carbocycles. The van der Waals surface area contributed by atoms with Crippen LogP contribution in [0.5, 0.6) is 0 Å². The molecule has 2 fully saturated rings. The number of likely N-dealkylation sites (tertiary alicyclic amines) is 1. The summed E-state index contributed by atoms with van der Waals surface area (Å²) in [6, 6.07) is 0.569. The molecule has 2 atom stereocenters. The third kappa shape index (κ3) is 2.49. The standard InChI is InChI=1S/C12H21NOS/c14-12(7-9-15)13-8-3-5-10-4-1-2-6-11(10)13/h10-11,15H,1-9H2/t10-,11-/m1/s1. The van der Waals surface area contributed by atoms with Gasteiger partial charge in [0.15, 0.2) is 0 Å². The van der Waals surface area contributed by atoms with Crippen LogP contribution in [0.25, 0.3) is 0 Å². The zero-order valence-electron chi connectivity index (χ0n) is 9.32. The van der Waals surface area contributed by atoms with Crippen molar-refractivity contribution < 1.29 is 4.79 Å². The Kier molecular flexibility index (Phi) is 3.95. The van der Waals surface area contributed by atoms with Crippen molar-refractivity contribution in [3.05, 3.63) is 0 Å². The maximum atomic E-state index is 11.9. The summed E-state index contributed by atoms with van der Waals surface area (Å²) in [5, 5.41) is 0. The maximum absolute atomic E-state index is 11.9. The highest BCUT2D eigenvalue weighted by atomic mass is 32.1. The van der Waals surface area contributed by atoms with Gasteiger partial charge in [0.1, 0.15) is 0 Å². The summed E-state index contributed by atoms with van der Waals surface area (Å²) in [5.74, 6) is 1.82. The second kappa shape index (κ2) is 5.24. The van der Waals surface area contributed by atoms with Crippen LogP contribution in [0.3, 0.4) is 0 Å². The second-order valence-corrected chi connectivity index (χ2v) is 5.26. The van der Waals surface area contributed by atoms with Crippen LogP contribution in [0.2, 0.25) is 0 Å². The number of hydrogen-bond acceptors (Lipinski definition) is 2. The summed E-state index contributed by atoms with van der Waals surface area (Å²) in [5.41, 5.74) is 0. The predicted octanol–water partition coefficient (Wildman–Crippen LogP) is 2.49. The van der Waals surface area contributed by atoms with Gasteiger partial charge in [0.05, 0.1) is 0 Å². The molecule has 2 nitrogen and oxygen atoms in total. The van der Waals surface area contributed by atoms with E-state index in [9.17, 15) is 4.79 Å². The van der Waals surface area contributed by atoms with E-state index in [1.807, 2.05) is 0 Å². The Morgan fingerprint density at radius 1 is 1.20 bits per heavy atom. The Hall–Kier alpha value is -0.180. The van der Waals surface area contributed by atoms with Crippen LogP contribution < -0.4 is 0 Å². The average Bonchev–Trinajstić information content (AvgIpc) is 2.28. The topological polar surface area (TPSA) is 20.3 Å². The van der Waals surface area contributed by atoms with Gasteiger partial charge >= 0.3 is 0 Å². The summed E-state index contributed by atoms with van der Waals surface area (Å²) in [6.45, 7) is 0.994. The van der Waals surface area contributed by atoms with Crippen molar-refractivity contribution in [2.45, 2.75) is 51.0 Å². The van der Waals surface area contributed by atoms with E-state index in [0.717, 1.165) is 12.5 Å². The van der Waals surface area contributed by atoms with Gasteiger partial charge in [-0.2, -0.15) is 12.6 Å². The zero-order chi connectivity index (χ0) is 10.7. The van der Waals surface area contributed by atoms with Crippen LogP contribution in [0.15, 0.2) is 0 Å². The van der Waals surface area contributed by atoms with Crippen molar-refractivity contribution in [3.63, 3.8) is 0 Å². The number of amides is 1. The first-order valence-corrected chi connectivity index (χ1v) is 6.86. The Morgan fingerprint density at radius 2 is 1.93 bits per heavy atom. The van der Waals surface area contributed by atoms with Crippen molar-refractivity contribution in [1.82, 2.24) is 4.90 Å². The maximum Gasteiger partial charge on any atom is 0.223 e. The molecule has 2 aliphatic rings. The minimum Gasteiger partial charge on any atom is -0.339 e. The van der Waals surface area contributed by atoms with Crippen molar-refractivity contribution in [2.24, 2.45) is 5.92 Å². The van der Waals surface area contributed by atoms with Crippen LogP contribution in [-0.4, -0.2) is 29.1 Å². The zero-order valence-corrected chi connectivity index (χ0v) is 10.2. The van der Waals surface area contributed by atoms with E-state index >= 15 is 0 Å². The first-order valence-electron chi connectivity index (χ1n) is 6.23. The van der Waals surface area contributed by atoms with Crippen LogP contribution in [-0.2, 0) is 4.79 Å². The van der Waals surface area contributed by atoms with Gasteiger partial charge in [-0.25, -0.2) is 0 Å². The summed E-state index contributed by atoms with van der Waals surface area (Å²) in [6.07, 6.45) is 8.43. The van der Waals surface area contributed by atoms with E-state index in [2.05, 4.69) is 17.5 Å². The number of hydrogen-bond donors (Lipinski definition) is 1. The summed E-state index contributed by atoms with van der Waals surface area (Å²) < 4.78 is 0. The summed E-state index contributed by atoms with van der Waals surface area (Å²) in [4.78, 5) is 14.1. The number of carbonyl (C=O) groups excluding carboxylic acids is 1. The van der Waals surface area contributed by atoms with Gasteiger partial charge in [0.2, 0.25) is 5.91 Å². The van der Waals surface area contributed by atoms with Crippen molar-refractivity contribution >= 4 is 18.5 Å². The number of nitrogens with zero attached hydrogens (tertiary/aromatic N) is 1. The van der Waals surface area contributed by atoms with Crippen molar-refractivity contribution in [3.8, 4) is 0 Å². The minimum atomic E-state index is 0.335. The molecule has 0 spiro atoms. The largest absolute Gasteiger partial charge is 0.339 e. The van der Waals surface area contributed by atoms with E-state index in [-0.39, 0.29) is 0 Å². The minimum absolute atomic E-state index is 0.335. The molecule has 1 saturated heterocycles. The van der Waals surface area contributed by atoms with Gasteiger partial charge in [0.25, 0.3) is 0 Å². The van der Waals surface area contributed by atoms with Crippen molar-refractivity contribution in [2.75, 3.05) is 12.3 Å². The monoisotopic (exact) mass is 227 g/mol. The highest BCUT2D eigenvalue weighted by Crippen LogP contribution is 2.35. The fourth-order valence-corrected chi connectivity index (χ4v) is 3.36. The molecule has 86 valence electrons. The SMILES string of the molecule is O=C(CCS)N1CCC[C@H]2CCCC[C@H]21.